The van der Waals surface area contributed by atoms with E-state index in [9.17, 15) is 8.78 Å². The minimum atomic E-state index is -0.809. The van der Waals surface area contributed by atoms with Gasteiger partial charge in [0.15, 0.2) is 11.6 Å². The largest absolute Gasteiger partial charge is 0.206 e. The summed E-state index contributed by atoms with van der Waals surface area (Å²) >= 11 is 0. The number of allylic oxidation sites excluding steroid dienone is 1. The topological polar surface area (TPSA) is 0 Å². The van der Waals surface area contributed by atoms with Crippen LogP contribution in [0.4, 0.5) is 13.2 Å². The Morgan fingerprint density at radius 3 is 1.90 bits per heavy atom. The van der Waals surface area contributed by atoms with E-state index in [4.69, 9.17) is 0 Å². The first kappa shape index (κ1) is 28.7. The molecule has 0 radical (unpaired) electrons. The summed E-state index contributed by atoms with van der Waals surface area (Å²) in [5, 5.41) is 0. The molecule has 5 rings (SSSR count). The molecule has 0 spiro atoms. The van der Waals surface area contributed by atoms with E-state index in [-0.39, 0.29) is 11.4 Å². The Morgan fingerprint density at radius 2 is 1.30 bits per heavy atom. The molecule has 0 amide bonds. The van der Waals surface area contributed by atoms with Crippen molar-refractivity contribution in [2.45, 2.75) is 89.9 Å². The van der Waals surface area contributed by atoms with E-state index in [0.717, 1.165) is 55.1 Å². The number of hydrogen-bond donors (Lipinski definition) is 0. The van der Waals surface area contributed by atoms with Gasteiger partial charge in [-0.2, -0.15) is 0 Å². The zero-order chi connectivity index (χ0) is 28.1. The molecule has 3 aromatic rings. The van der Waals surface area contributed by atoms with Crippen molar-refractivity contribution in [2.24, 2.45) is 17.8 Å². The van der Waals surface area contributed by atoms with E-state index in [1.165, 1.54) is 38.5 Å². The van der Waals surface area contributed by atoms with E-state index in [1.807, 2.05) is 6.07 Å². The van der Waals surface area contributed by atoms with Crippen LogP contribution in [0.5, 0.6) is 0 Å². The first-order valence-electron chi connectivity index (χ1n) is 15.5. The van der Waals surface area contributed by atoms with Crippen LogP contribution in [0.15, 0.2) is 67.3 Å². The van der Waals surface area contributed by atoms with Crippen LogP contribution >= 0.6 is 0 Å². The number of benzene rings is 3. The molecule has 2 saturated carbocycles. The molecule has 3 heteroatoms. The smallest absolute Gasteiger partial charge is 0.166 e. The lowest BCUT2D eigenvalue weighted by molar-refractivity contribution is 0.171. The highest BCUT2D eigenvalue weighted by molar-refractivity contribution is 5.71. The predicted octanol–water partition coefficient (Wildman–Crippen LogP) is 11.4. The summed E-state index contributed by atoms with van der Waals surface area (Å²) in [6, 6.07) is 16.1. The first-order valence-corrected chi connectivity index (χ1v) is 15.5. The Balaban J connectivity index is 1.22. The van der Waals surface area contributed by atoms with E-state index in [0.29, 0.717) is 34.9 Å². The molecule has 2 fully saturated rings. The molecule has 0 saturated heterocycles. The normalized spacial score (nSPS) is 23.2. The third-order valence-electron chi connectivity index (χ3n) is 9.77. The maximum Gasteiger partial charge on any atom is 0.166 e. The second-order valence-corrected chi connectivity index (χ2v) is 12.2. The van der Waals surface area contributed by atoms with Crippen molar-refractivity contribution in [3.63, 3.8) is 0 Å². The van der Waals surface area contributed by atoms with Gasteiger partial charge < -0.3 is 0 Å². The maximum absolute atomic E-state index is 15.3. The molecule has 212 valence electrons. The number of rotatable bonds is 9. The summed E-state index contributed by atoms with van der Waals surface area (Å²) < 4.78 is 44.9. The molecule has 0 unspecified atom stereocenters. The molecule has 0 heterocycles. The lowest BCUT2D eigenvalue weighted by atomic mass is 9.68. The molecule has 2 aliphatic carbocycles. The van der Waals surface area contributed by atoms with Crippen molar-refractivity contribution in [1.82, 2.24) is 0 Å². The first-order chi connectivity index (χ1) is 19.5. The Kier molecular flexibility index (Phi) is 9.50. The van der Waals surface area contributed by atoms with Crippen LogP contribution in [0.2, 0.25) is 0 Å². The van der Waals surface area contributed by atoms with Gasteiger partial charge in [-0.05, 0) is 116 Å². The average molecular weight is 545 g/mol. The van der Waals surface area contributed by atoms with Crippen molar-refractivity contribution in [2.75, 3.05) is 0 Å². The van der Waals surface area contributed by atoms with Crippen LogP contribution < -0.4 is 0 Å². The van der Waals surface area contributed by atoms with Crippen LogP contribution in [0.25, 0.3) is 22.3 Å². The molecular formula is C37H43F3. The van der Waals surface area contributed by atoms with Gasteiger partial charge in [0.1, 0.15) is 5.82 Å². The highest BCUT2D eigenvalue weighted by Gasteiger charge is 2.31. The third-order valence-corrected chi connectivity index (χ3v) is 9.77. The van der Waals surface area contributed by atoms with Crippen molar-refractivity contribution in [3.05, 3.63) is 95.8 Å². The Hall–Kier alpha value is -2.81. The molecule has 0 bridgehead atoms. The number of aryl methyl sites for hydroxylation is 1. The Labute approximate surface area is 238 Å². The quantitative estimate of drug-likeness (QED) is 0.186. The SMILES string of the molecule is C=CC1CCC(C2CCC(c3ccc(-c4ccc(-c5ccc(CCCCC)c(F)c5F)cc4)c(F)c3)CC2)CC1. The number of halogens is 3. The van der Waals surface area contributed by atoms with Crippen LogP contribution in [-0.2, 0) is 6.42 Å². The summed E-state index contributed by atoms with van der Waals surface area (Å²) in [5.74, 6) is 1.03. The van der Waals surface area contributed by atoms with Gasteiger partial charge in [-0.3, -0.25) is 0 Å². The third kappa shape index (κ3) is 6.40. The van der Waals surface area contributed by atoms with Gasteiger partial charge in [0.25, 0.3) is 0 Å². The summed E-state index contributed by atoms with van der Waals surface area (Å²) in [5.41, 5.74) is 3.64. The second-order valence-electron chi connectivity index (χ2n) is 12.2. The van der Waals surface area contributed by atoms with Crippen LogP contribution in [0.3, 0.4) is 0 Å². The fourth-order valence-electron chi connectivity index (χ4n) is 7.20. The summed E-state index contributed by atoms with van der Waals surface area (Å²) in [6.07, 6.45) is 15.6. The van der Waals surface area contributed by atoms with E-state index >= 15 is 4.39 Å². The monoisotopic (exact) mass is 544 g/mol. The zero-order valence-corrected chi connectivity index (χ0v) is 23.9. The van der Waals surface area contributed by atoms with E-state index < -0.39 is 11.6 Å². The van der Waals surface area contributed by atoms with Crippen LogP contribution in [0, 0.1) is 35.2 Å². The molecule has 0 nitrogen and oxygen atoms in total. The summed E-state index contributed by atoms with van der Waals surface area (Å²) in [4.78, 5) is 0. The van der Waals surface area contributed by atoms with Gasteiger partial charge in [0.05, 0.1) is 0 Å². The number of hydrogen-bond acceptors (Lipinski definition) is 0. The molecule has 2 aliphatic rings. The van der Waals surface area contributed by atoms with Crippen molar-refractivity contribution >= 4 is 0 Å². The minimum Gasteiger partial charge on any atom is -0.206 e. The van der Waals surface area contributed by atoms with Crippen LogP contribution in [-0.4, -0.2) is 0 Å². The van der Waals surface area contributed by atoms with Crippen molar-refractivity contribution in [1.29, 1.82) is 0 Å². The maximum atomic E-state index is 15.3. The average Bonchev–Trinajstić information content (AvgIpc) is 3.00. The zero-order valence-electron chi connectivity index (χ0n) is 23.9. The summed E-state index contributed by atoms with van der Waals surface area (Å²) in [7, 11) is 0. The fraction of sp³-hybridized carbons (Fsp3) is 0.459. The molecule has 0 aliphatic heterocycles. The molecule has 40 heavy (non-hydrogen) atoms. The van der Waals surface area contributed by atoms with Gasteiger partial charge in [-0.1, -0.05) is 74.4 Å². The van der Waals surface area contributed by atoms with Gasteiger partial charge >= 0.3 is 0 Å². The Bertz CT molecular complexity index is 1280. The molecular weight excluding hydrogens is 501 g/mol. The lowest BCUT2D eigenvalue weighted by Crippen LogP contribution is -2.25. The Morgan fingerprint density at radius 1 is 0.700 bits per heavy atom. The fourth-order valence-corrected chi connectivity index (χ4v) is 7.20. The minimum absolute atomic E-state index is 0.219. The molecule has 0 N–H and O–H groups in total. The van der Waals surface area contributed by atoms with Gasteiger partial charge in [-0.15, -0.1) is 6.58 Å². The molecule has 3 aromatic carbocycles. The van der Waals surface area contributed by atoms with Crippen molar-refractivity contribution in [3.8, 4) is 22.3 Å². The highest BCUT2D eigenvalue weighted by atomic mass is 19.2. The summed E-state index contributed by atoms with van der Waals surface area (Å²) in [6.45, 7) is 6.06. The highest BCUT2D eigenvalue weighted by Crippen LogP contribution is 2.44. The van der Waals surface area contributed by atoms with Gasteiger partial charge in [-0.25, -0.2) is 13.2 Å². The molecule has 0 aromatic heterocycles. The predicted molar refractivity (Wildman–Crippen MR) is 161 cm³/mol. The van der Waals surface area contributed by atoms with Crippen molar-refractivity contribution < 1.29 is 13.2 Å². The number of unbranched alkanes of at least 4 members (excludes halogenated alkanes) is 2. The van der Waals surface area contributed by atoms with Crippen LogP contribution in [0.1, 0.15) is 94.6 Å². The second kappa shape index (κ2) is 13.2. The molecule has 0 atom stereocenters. The standard InChI is InChI=1S/C37H43F3/c1-3-5-6-7-31-20-23-34(37(40)36(31)39)30-18-16-29(17-19-30)33-22-21-32(24-35(33)38)28-14-12-27(13-15-28)26-10-8-25(4-2)9-11-26/h4,16-28H,2-3,5-15H2,1H3. The van der Waals surface area contributed by atoms with E-state index in [2.05, 4.69) is 25.6 Å². The van der Waals surface area contributed by atoms with E-state index in [1.54, 1.807) is 42.5 Å². The lowest BCUT2D eigenvalue weighted by Gasteiger charge is -2.37. The van der Waals surface area contributed by atoms with Gasteiger partial charge in [0, 0.05) is 11.1 Å². The van der Waals surface area contributed by atoms with Gasteiger partial charge in [0.2, 0.25) is 0 Å².